The van der Waals surface area contributed by atoms with Crippen molar-refractivity contribution in [2.24, 2.45) is 17.6 Å². The molecule has 0 aromatic heterocycles. The standard InChI is InChI=1S/C15H25N3O2.ClH/c16-12-7-10-3-1-4-11(8-12)15(10)17-13(19)9-18-6-2-5-14(18)20;/h10-12,15H,1-9,16H2,(H,17,19);1H. The molecule has 1 aliphatic heterocycles. The molecule has 1 saturated heterocycles. The summed E-state index contributed by atoms with van der Waals surface area (Å²) < 4.78 is 0. The topological polar surface area (TPSA) is 75.4 Å². The van der Waals surface area contributed by atoms with Gasteiger partial charge in [0.15, 0.2) is 0 Å². The van der Waals surface area contributed by atoms with Crippen LogP contribution in [0.5, 0.6) is 0 Å². The van der Waals surface area contributed by atoms with Crippen LogP contribution in [0.3, 0.4) is 0 Å². The molecule has 0 aromatic carbocycles. The maximum Gasteiger partial charge on any atom is 0.239 e. The Morgan fingerprint density at radius 1 is 1.24 bits per heavy atom. The molecule has 0 radical (unpaired) electrons. The number of hydrogen-bond acceptors (Lipinski definition) is 3. The van der Waals surface area contributed by atoms with Crippen LogP contribution in [0.4, 0.5) is 0 Å². The molecule has 2 bridgehead atoms. The molecule has 21 heavy (non-hydrogen) atoms. The largest absolute Gasteiger partial charge is 0.351 e. The fourth-order valence-corrected chi connectivity index (χ4v) is 4.30. The third kappa shape index (κ3) is 3.69. The molecule has 3 fully saturated rings. The van der Waals surface area contributed by atoms with Gasteiger partial charge in [0.05, 0.1) is 6.54 Å². The van der Waals surface area contributed by atoms with Gasteiger partial charge in [-0.2, -0.15) is 0 Å². The van der Waals surface area contributed by atoms with Crippen molar-refractivity contribution in [3.8, 4) is 0 Å². The second-order valence-corrected chi connectivity index (χ2v) is 6.69. The van der Waals surface area contributed by atoms with Crippen LogP contribution in [0.1, 0.15) is 44.9 Å². The van der Waals surface area contributed by atoms with Crippen LogP contribution in [0, 0.1) is 11.8 Å². The predicted octanol–water partition coefficient (Wildman–Crippen LogP) is 1.05. The molecular weight excluding hydrogens is 290 g/mol. The Hall–Kier alpha value is -0.810. The van der Waals surface area contributed by atoms with Crippen molar-refractivity contribution in [3.63, 3.8) is 0 Å². The molecule has 0 aromatic rings. The second kappa shape index (κ2) is 6.97. The Bertz CT molecular complexity index is 390. The van der Waals surface area contributed by atoms with Gasteiger partial charge in [0, 0.05) is 25.0 Å². The quantitative estimate of drug-likeness (QED) is 0.817. The number of nitrogens with two attached hydrogens (primary N) is 1. The lowest BCUT2D eigenvalue weighted by atomic mass is 9.67. The number of nitrogens with zero attached hydrogens (tertiary/aromatic N) is 1. The maximum absolute atomic E-state index is 12.2. The maximum atomic E-state index is 12.2. The molecule has 3 N–H and O–H groups in total. The van der Waals surface area contributed by atoms with Gasteiger partial charge in [-0.3, -0.25) is 9.59 Å². The minimum absolute atomic E-state index is 0. The summed E-state index contributed by atoms with van der Waals surface area (Å²) in [6.45, 7) is 0.968. The minimum Gasteiger partial charge on any atom is -0.351 e. The third-order valence-corrected chi connectivity index (χ3v) is 5.21. The summed E-state index contributed by atoms with van der Waals surface area (Å²) in [5, 5.41) is 3.20. The number of carbonyl (C=O) groups excluding carboxylic acids is 2. The lowest BCUT2D eigenvalue weighted by Crippen LogP contribution is -2.55. The van der Waals surface area contributed by atoms with E-state index in [1.807, 2.05) is 0 Å². The van der Waals surface area contributed by atoms with Crippen molar-refractivity contribution in [2.75, 3.05) is 13.1 Å². The van der Waals surface area contributed by atoms with Crippen molar-refractivity contribution in [2.45, 2.75) is 57.0 Å². The van der Waals surface area contributed by atoms with Gasteiger partial charge in [0.1, 0.15) is 0 Å². The second-order valence-electron chi connectivity index (χ2n) is 6.69. The Kier molecular flexibility index (Phi) is 5.49. The zero-order valence-electron chi connectivity index (χ0n) is 12.4. The molecule has 5 nitrogen and oxygen atoms in total. The first-order valence-electron chi connectivity index (χ1n) is 7.96. The Morgan fingerprint density at radius 3 is 2.48 bits per heavy atom. The van der Waals surface area contributed by atoms with Crippen LogP contribution in [-0.2, 0) is 9.59 Å². The fraction of sp³-hybridized carbons (Fsp3) is 0.867. The van der Waals surface area contributed by atoms with E-state index in [0.29, 0.717) is 24.3 Å². The number of rotatable bonds is 3. The van der Waals surface area contributed by atoms with Gasteiger partial charge in [-0.25, -0.2) is 0 Å². The normalized spacial score (nSPS) is 35.3. The van der Waals surface area contributed by atoms with Gasteiger partial charge in [-0.1, -0.05) is 6.42 Å². The van der Waals surface area contributed by atoms with Crippen LogP contribution in [0.15, 0.2) is 0 Å². The number of amides is 2. The number of nitrogens with one attached hydrogen (secondary N) is 1. The number of likely N-dealkylation sites (tertiary alicyclic amines) is 1. The van der Waals surface area contributed by atoms with Crippen molar-refractivity contribution in [3.05, 3.63) is 0 Å². The Balaban J connectivity index is 0.00000161. The van der Waals surface area contributed by atoms with E-state index in [2.05, 4.69) is 5.32 Å². The van der Waals surface area contributed by atoms with E-state index in [1.165, 1.54) is 19.3 Å². The molecule has 2 saturated carbocycles. The van der Waals surface area contributed by atoms with Gasteiger partial charge in [0.2, 0.25) is 11.8 Å². The van der Waals surface area contributed by atoms with Gasteiger partial charge in [-0.15, -0.1) is 12.4 Å². The van der Waals surface area contributed by atoms with Gasteiger partial charge in [0.25, 0.3) is 0 Å². The van der Waals surface area contributed by atoms with Crippen LogP contribution in [0.25, 0.3) is 0 Å². The minimum atomic E-state index is 0. The highest BCUT2D eigenvalue weighted by Gasteiger charge is 2.40. The van der Waals surface area contributed by atoms with E-state index in [4.69, 9.17) is 5.73 Å². The molecule has 2 unspecified atom stereocenters. The lowest BCUT2D eigenvalue weighted by molar-refractivity contribution is -0.134. The third-order valence-electron chi connectivity index (χ3n) is 5.21. The summed E-state index contributed by atoms with van der Waals surface area (Å²) in [5.74, 6) is 1.20. The highest BCUT2D eigenvalue weighted by Crippen LogP contribution is 2.39. The molecule has 2 amide bonds. The summed E-state index contributed by atoms with van der Waals surface area (Å²) >= 11 is 0. The van der Waals surface area contributed by atoms with Gasteiger partial charge in [-0.05, 0) is 43.9 Å². The molecule has 1 heterocycles. The zero-order valence-corrected chi connectivity index (χ0v) is 13.2. The van der Waals surface area contributed by atoms with Crippen LogP contribution >= 0.6 is 12.4 Å². The predicted molar refractivity (Wildman–Crippen MR) is 83.0 cm³/mol. The molecule has 3 aliphatic rings. The summed E-state index contributed by atoms with van der Waals surface area (Å²) in [6.07, 6.45) is 7.16. The van der Waals surface area contributed by atoms with Gasteiger partial charge >= 0.3 is 0 Å². The average Bonchev–Trinajstić information content (AvgIpc) is 2.76. The summed E-state index contributed by atoms with van der Waals surface area (Å²) in [4.78, 5) is 25.4. The first-order chi connectivity index (χ1) is 9.63. The van der Waals surface area contributed by atoms with E-state index in [1.54, 1.807) is 4.90 Å². The SMILES string of the molecule is Cl.NC1CC2CCCC(C1)C2NC(=O)CN1CCCC1=O. The lowest BCUT2D eigenvalue weighted by Gasteiger charge is -2.45. The Morgan fingerprint density at radius 2 is 1.90 bits per heavy atom. The van der Waals surface area contributed by atoms with Crippen molar-refractivity contribution in [1.82, 2.24) is 10.2 Å². The molecule has 120 valence electrons. The first-order valence-corrected chi connectivity index (χ1v) is 7.96. The Labute approximate surface area is 132 Å². The molecule has 3 rings (SSSR count). The fourth-order valence-electron chi connectivity index (χ4n) is 4.30. The zero-order chi connectivity index (χ0) is 14.1. The monoisotopic (exact) mass is 315 g/mol. The molecule has 6 heteroatoms. The van der Waals surface area contributed by atoms with E-state index < -0.39 is 0 Å². The van der Waals surface area contributed by atoms with E-state index in [-0.39, 0.29) is 36.8 Å². The van der Waals surface area contributed by atoms with E-state index in [0.717, 1.165) is 25.8 Å². The first kappa shape index (κ1) is 16.6. The average molecular weight is 316 g/mol. The number of halogens is 1. The van der Waals surface area contributed by atoms with Gasteiger partial charge < -0.3 is 16.0 Å². The molecule has 0 spiro atoms. The van der Waals surface area contributed by atoms with Crippen LogP contribution in [-0.4, -0.2) is 41.9 Å². The number of carbonyl (C=O) groups is 2. The van der Waals surface area contributed by atoms with Crippen LogP contribution < -0.4 is 11.1 Å². The summed E-state index contributed by atoms with van der Waals surface area (Å²) in [6, 6.07) is 0.590. The van der Waals surface area contributed by atoms with Crippen molar-refractivity contribution < 1.29 is 9.59 Å². The van der Waals surface area contributed by atoms with E-state index >= 15 is 0 Å². The summed E-state index contributed by atoms with van der Waals surface area (Å²) in [7, 11) is 0. The van der Waals surface area contributed by atoms with E-state index in [9.17, 15) is 9.59 Å². The molecule has 2 aliphatic carbocycles. The highest BCUT2D eigenvalue weighted by atomic mass is 35.5. The molecular formula is C15H26ClN3O2. The van der Waals surface area contributed by atoms with Crippen molar-refractivity contribution >= 4 is 24.2 Å². The highest BCUT2D eigenvalue weighted by molar-refractivity contribution is 5.86. The summed E-state index contributed by atoms with van der Waals surface area (Å²) in [5.41, 5.74) is 6.10. The molecule has 2 atom stereocenters. The van der Waals surface area contributed by atoms with Crippen LogP contribution in [0.2, 0.25) is 0 Å². The van der Waals surface area contributed by atoms with Crippen molar-refractivity contribution in [1.29, 1.82) is 0 Å². The number of hydrogen-bond donors (Lipinski definition) is 2. The number of fused-ring (bicyclic) bond motifs is 2. The smallest absolute Gasteiger partial charge is 0.239 e.